The van der Waals surface area contributed by atoms with Gasteiger partial charge < -0.3 is 0 Å². The maximum Gasteiger partial charge on any atom is 0.331 e. The summed E-state index contributed by atoms with van der Waals surface area (Å²) in [6, 6.07) is 25.0. The van der Waals surface area contributed by atoms with Gasteiger partial charge in [-0.2, -0.15) is 0 Å². The molecule has 4 nitrogen and oxygen atoms in total. The number of carbonyl (C=O) groups is 1. The van der Waals surface area contributed by atoms with Gasteiger partial charge in [0.1, 0.15) is 0 Å². The molecule has 0 spiro atoms. The van der Waals surface area contributed by atoms with Gasteiger partial charge in [0.15, 0.2) is 5.17 Å². The highest BCUT2D eigenvalue weighted by atomic mass is 35.5. The average Bonchev–Trinajstić information content (AvgIpc) is 2.78. The lowest BCUT2D eigenvalue weighted by atomic mass is 10.2. The predicted molar refractivity (Wildman–Crippen MR) is 126 cm³/mol. The minimum Gasteiger partial charge on any atom is -0.284 e. The number of benzene rings is 3. The van der Waals surface area contributed by atoms with Gasteiger partial charge in [-0.3, -0.25) is 14.8 Å². The maximum atomic E-state index is 13.4. The Labute approximate surface area is 190 Å². The molecule has 3 aromatic carbocycles. The summed E-state index contributed by atoms with van der Waals surface area (Å²) in [6.07, 6.45) is 0. The number of thioether (sulfide) groups is 1. The van der Waals surface area contributed by atoms with Crippen molar-refractivity contribution in [3.63, 3.8) is 0 Å². The molecule has 7 heteroatoms. The first-order valence-electron chi connectivity index (χ1n) is 9.41. The molecular weight excluding hydrogens is 437 g/mol. The van der Waals surface area contributed by atoms with Crippen LogP contribution in [0.3, 0.4) is 0 Å². The molecule has 1 aliphatic heterocycles. The van der Waals surface area contributed by atoms with Crippen LogP contribution in [0, 0.1) is 0 Å². The Morgan fingerprint density at radius 2 is 1.53 bits per heavy atom. The summed E-state index contributed by atoms with van der Waals surface area (Å²) in [4.78, 5) is 21.6. The van der Waals surface area contributed by atoms with Gasteiger partial charge in [0.2, 0.25) is 0 Å². The number of anilines is 1. The highest BCUT2D eigenvalue weighted by molar-refractivity contribution is 8.14. The fourth-order valence-corrected chi connectivity index (χ4v) is 4.35. The molecule has 0 bridgehead atoms. The van der Waals surface area contributed by atoms with Gasteiger partial charge in [-0.1, -0.05) is 95.6 Å². The fourth-order valence-electron chi connectivity index (χ4n) is 3.10. The molecule has 1 aliphatic rings. The van der Waals surface area contributed by atoms with E-state index in [9.17, 15) is 4.79 Å². The zero-order chi connectivity index (χ0) is 20.9. The van der Waals surface area contributed by atoms with Crippen LogP contribution in [-0.4, -0.2) is 22.0 Å². The zero-order valence-electron chi connectivity index (χ0n) is 16.0. The van der Waals surface area contributed by atoms with Crippen LogP contribution >= 0.6 is 35.0 Å². The highest BCUT2D eigenvalue weighted by Gasteiger charge is 2.32. The molecule has 0 N–H and O–H groups in total. The minimum atomic E-state index is -0.136. The predicted octanol–water partition coefficient (Wildman–Crippen LogP) is 6.68. The van der Waals surface area contributed by atoms with Gasteiger partial charge in [0, 0.05) is 5.69 Å². The Morgan fingerprint density at radius 1 is 0.867 bits per heavy atom. The molecule has 3 aromatic rings. The molecule has 1 saturated heterocycles. The van der Waals surface area contributed by atoms with E-state index in [0.717, 1.165) is 11.1 Å². The normalized spacial score (nSPS) is 15.7. The molecule has 0 saturated carbocycles. The third-order valence-electron chi connectivity index (χ3n) is 4.65. The quantitative estimate of drug-likeness (QED) is 0.429. The maximum absolute atomic E-state index is 13.4. The standard InChI is InChI=1S/C23H19Cl2N3OS/c24-20-12-11-19(13-21(20)25)28-16-30-22(26-14-17-7-3-1-4-8-17)27(23(28)29)15-18-9-5-2-6-10-18/h1-13H,14-16H2/b26-22+. The third-order valence-corrected chi connectivity index (χ3v) is 6.39. The smallest absolute Gasteiger partial charge is 0.284 e. The van der Waals surface area contributed by atoms with Gasteiger partial charge in [-0.05, 0) is 29.3 Å². The van der Waals surface area contributed by atoms with Gasteiger partial charge in [0.05, 0.1) is 29.0 Å². The van der Waals surface area contributed by atoms with Crippen molar-refractivity contribution < 1.29 is 4.79 Å². The van der Waals surface area contributed by atoms with Crippen molar-refractivity contribution in [2.24, 2.45) is 4.99 Å². The first-order chi connectivity index (χ1) is 14.6. The van der Waals surface area contributed by atoms with E-state index < -0.39 is 0 Å². The van der Waals surface area contributed by atoms with Crippen LogP contribution < -0.4 is 4.90 Å². The lowest BCUT2D eigenvalue weighted by Crippen LogP contribution is -2.49. The van der Waals surface area contributed by atoms with Crippen molar-refractivity contribution in [2.75, 3.05) is 10.8 Å². The van der Waals surface area contributed by atoms with E-state index in [1.165, 1.54) is 11.8 Å². The fraction of sp³-hybridized carbons (Fsp3) is 0.130. The van der Waals surface area contributed by atoms with Crippen LogP contribution in [-0.2, 0) is 13.1 Å². The summed E-state index contributed by atoms with van der Waals surface area (Å²) >= 11 is 13.8. The van der Waals surface area contributed by atoms with Crippen molar-refractivity contribution in [1.29, 1.82) is 0 Å². The van der Waals surface area contributed by atoms with E-state index in [2.05, 4.69) is 0 Å². The van der Waals surface area contributed by atoms with Crippen LogP contribution in [0.25, 0.3) is 0 Å². The second-order valence-corrected chi connectivity index (χ2v) is 8.47. The first kappa shape index (κ1) is 20.8. The molecule has 2 amide bonds. The largest absolute Gasteiger partial charge is 0.331 e. The zero-order valence-corrected chi connectivity index (χ0v) is 18.4. The van der Waals surface area contributed by atoms with E-state index in [4.69, 9.17) is 28.2 Å². The highest BCUT2D eigenvalue weighted by Crippen LogP contribution is 2.32. The number of hydrogen-bond donors (Lipinski definition) is 0. The van der Waals surface area contributed by atoms with Gasteiger partial charge in [-0.15, -0.1) is 0 Å². The van der Waals surface area contributed by atoms with Crippen molar-refractivity contribution in [3.05, 3.63) is 100 Å². The molecule has 30 heavy (non-hydrogen) atoms. The Kier molecular flexibility index (Phi) is 6.62. The molecular formula is C23H19Cl2N3OS. The van der Waals surface area contributed by atoms with Crippen molar-refractivity contribution >= 4 is 51.8 Å². The summed E-state index contributed by atoms with van der Waals surface area (Å²) in [6.45, 7) is 0.965. The van der Waals surface area contributed by atoms with E-state index in [0.29, 0.717) is 39.9 Å². The Balaban J connectivity index is 1.62. The van der Waals surface area contributed by atoms with E-state index in [-0.39, 0.29) is 6.03 Å². The van der Waals surface area contributed by atoms with Crippen LogP contribution in [0.1, 0.15) is 11.1 Å². The number of hydrogen-bond acceptors (Lipinski definition) is 3. The van der Waals surface area contributed by atoms with E-state index in [1.807, 2.05) is 60.7 Å². The molecule has 0 unspecified atom stereocenters. The van der Waals surface area contributed by atoms with Crippen LogP contribution in [0.2, 0.25) is 10.0 Å². The number of amides is 2. The molecule has 1 heterocycles. The number of carbonyl (C=O) groups excluding carboxylic acids is 1. The molecule has 0 radical (unpaired) electrons. The van der Waals surface area contributed by atoms with Crippen molar-refractivity contribution in [1.82, 2.24) is 4.90 Å². The number of amidine groups is 1. The summed E-state index contributed by atoms with van der Waals surface area (Å²) in [7, 11) is 0. The SMILES string of the molecule is O=C1N(Cc2ccccc2)/C(=N\Cc2ccccc2)SCN1c1ccc(Cl)c(Cl)c1. The topological polar surface area (TPSA) is 35.9 Å². The lowest BCUT2D eigenvalue weighted by molar-refractivity contribution is 0.226. The average molecular weight is 456 g/mol. The van der Waals surface area contributed by atoms with E-state index >= 15 is 0 Å². The van der Waals surface area contributed by atoms with Crippen molar-refractivity contribution in [3.8, 4) is 0 Å². The summed E-state index contributed by atoms with van der Waals surface area (Å²) in [5, 5.41) is 1.60. The second kappa shape index (κ2) is 9.56. The number of nitrogens with zero attached hydrogens (tertiary/aromatic N) is 3. The van der Waals surface area contributed by atoms with Gasteiger partial charge in [0.25, 0.3) is 0 Å². The number of urea groups is 1. The molecule has 1 fully saturated rings. The number of halogens is 2. The third kappa shape index (κ3) is 4.81. The van der Waals surface area contributed by atoms with Gasteiger partial charge >= 0.3 is 6.03 Å². The lowest BCUT2D eigenvalue weighted by Gasteiger charge is -2.36. The van der Waals surface area contributed by atoms with Crippen LogP contribution in [0.4, 0.5) is 10.5 Å². The minimum absolute atomic E-state index is 0.136. The molecule has 4 rings (SSSR count). The Bertz CT molecular complexity index is 1060. The van der Waals surface area contributed by atoms with Gasteiger partial charge in [-0.25, -0.2) is 4.79 Å². The molecule has 0 atom stereocenters. The first-order valence-corrected chi connectivity index (χ1v) is 11.1. The molecule has 0 aromatic heterocycles. The Morgan fingerprint density at radius 3 is 2.20 bits per heavy atom. The summed E-state index contributed by atoms with van der Waals surface area (Å²) in [5.41, 5.74) is 2.85. The summed E-state index contributed by atoms with van der Waals surface area (Å²) in [5.74, 6) is 0.454. The molecule has 152 valence electrons. The molecule has 0 aliphatic carbocycles. The monoisotopic (exact) mass is 455 g/mol. The van der Waals surface area contributed by atoms with Crippen LogP contribution in [0.5, 0.6) is 0 Å². The van der Waals surface area contributed by atoms with Crippen molar-refractivity contribution in [2.45, 2.75) is 13.1 Å². The van der Waals surface area contributed by atoms with E-state index in [1.54, 1.807) is 28.0 Å². The summed E-state index contributed by atoms with van der Waals surface area (Å²) < 4.78 is 0. The number of aliphatic imine (C=N–C) groups is 1. The second-order valence-electron chi connectivity index (χ2n) is 6.74. The van der Waals surface area contributed by atoms with Crippen LogP contribution in [0.15, 0.2) is 83.9 Å². The number of rotatable bonds is 5. The Hall–Kier alpha value is -2.47.